The van der Waals surface area contributed by atoms with E-state index in [1.807, 2.05) is 0 Å². The molecule has 0 aromatic heterocycles. The molecular weight excluding hydrogens is 510 g/mol. The highest BCUT2D eigenvalue weighted by atomic mass is 79.9. The number of hydrogen-bond acceptors (Lipinski definition) is 6. The van der Waals surface area contributed by atoms with Crippen molar-refractivity contribution in [3.05, 3.63) is 94.5 Å². The van der Waals surface area contributed by atoms with Gasteiger partial charge in [0.1, 0.15) is 16.7 Å². The summed E-state index contributed by atoms with van der Waals surface area (Å²) in [6.45, 7) is 0. The maximum absolute atomic E-state index is 14.1. The Labute approximate surface area is 199 Å². The number of nitrogens with zero attached hydrogens (tertiary/aromatic N) is 1. The maximum Gasteiger partial charge on any atom is 0.333 e. The molecule has 2 aliphatic heterocycles. The molecule has 9 heteroatoms. The van der Waals surface area contributed by atoms with Gasteiger partial charge in [-0.05, 0) is 40.2 Å². The van der Waals surface area contributed by atoms with E-state index in [0.29, 0.717) is 21.3 Å². The molecule has 33 heavy (non-hydrogen) atoms. The molecule has 5 rings (SSSR count). The molecule has 0 amide bonds. The first kappa shape index (κ1) is 21.7. The van der Waals surface area contributed by atoms with Crippen LogP contribution in [-0.2, 0) is 19.6 Å². The molecule has 0 saturated carbocycles. The average Bonchev–Trinajstić information content (AvgIpc) is 3.28. The van der Waals surface area contributed by atoms with Gasteiger partial charge in [-0.2, -0.15) is 0 Å². The second kappa shape index (κ2) is 7.72. The molecule has 0 saturated heterocycles. The lowest BCUT2D eigenvalue weighted by Crippen LogP contribution is -2.53. The number of fused-ring (bicyclic) bond motifs is 1. The largest absolute Gasteiger partial charge is 0.496 e. The van der Waals surface area contributed by atoms with Crippen molar-refractivity contribution in [1.29, 1.82) is 0 Å². The Bertz CT molecular complexity index is 1420. The van der Waals surface area contributed by atoms with Gasteiger partial charge >= 0.3 is 5.97 Å². The number of hydrogen-bond donors (Lipinski definition) is 1. The molecule has 7 nitrogen and oxygen atoms in total. The van der Waals surface area contributed by atoms with Crippen LogP contribution in [0.2, 0.25) is 0 Å². The van der Waals surface area contributed by atoms with Crippen molar-refractivity contribution in [1.82, 2.24) is 0 Å². The van der Waals surface area contributed by atoms with Gasteiger partial charge in [0, 0.05) is 27.2 Å². The number of carbonyl (C=O) groups is 1. The summed E-state index contributed by atoms with van der Waals surface area (Å²) in [7, 11) is -2.85. The highest BCUT2D eigenvalue weighted by Crippen LogP contribution is 2.58. The Morgan fingerprint density at radius 3 is 2.45 bits per heavy atom. The minimum atomic E-state index is -4.32. The number of sulfonamides is 1. The standard InChI is InChI=1S/C24H18BrNO6S/c1-31-20-12-6-3-8-15(20)17-14-22(27)32-24(17)23(28)16-9-2-5-11-19(16)26(24)33(29,30)21-13-7-4-10-18(21)25/h2-14,23,28H,1H3/t23-,24-/m0/s1. The van der Waals surface area contributed by atoms with Crippen molar-refractivity contribution in [2.75, 3.05) is 11.4 Å². The summed E-state index contributed by atoms with van der Waals surface area (Å²) < 4.78 is 40.7. The Kier molecular flexibility index (Phi) is 5.08. The predicted molar refractivity (Wildman–Crippen MR) is 125 cm³/mol. The van der Waals surface area contributed by atoms with Gasteiger partial charge in [-0.25, -0.2) is 17.5 Å². The predicted octanol–water partition coefficient (Wildman–Crippen LogP) is 4.04. The molecule has 0 aliphatic carbocycles. The van der Waals surface area contributed by atoms with Gasteiger partial charge in [-0.15, -0.1) is 0 Å². The third kappa shape index (κ3) is 3.03. The van der Waals surface area contributed by atoms with Crippen molar-refractivity contribution in [2.24, 2.45) is 0 Å². The van der Waals surface area contributed by atoms with E-state index in [4.69, 9.17) is 9.47 Å². The van der Waals surface area contributed by atoms with Crippen LogP contribution in [0, 0.1) is 0 Å². The van der Waals surface area contributed by atoms with E-state index < -0.39 is 27.8 Å². The first-order valence-corrected chi connectivity index (χ1v) is 12.2. The lowest BCUT2D eigenvalue weighted by molar-refractivity contribution is -0.151. The van der Waals surface area contributed by atoms with E-state index in [-0.39, 0.29) is 16.2 Å². The summed E-state index contributed by atoms with van der Waals surface area (Å²) in [5.41, 5.74) is -0.891. The van der Waals surface area contributed by atoms with Crippen LogP contribution in [0.15, 0.2) is 88.2 Å². The molecule has 0 unspecified atom stereocenters. The van der Waals surface area contributed by atoms with Gasteiger partial charge in [-0.3, -0.25) is 0 Å². The maximum atomic E-state index is 14.1. The number of aliphatic hydroxyl groups excluding tert-OH is 1. The third-order valence-corrected chi connectivity index (χ3v) is 8.59. The number of methoxy groups -OCH3 is 1. The second-order valence-electron chi connectivity index (χ2n) is 7.54. The second-order valence-corrected chi connectivity index (χ2v) is 10.1. The molecule has 168 valence electrons. The lowest BCUT2D eigenvalue weighted by Gasteiger charge is -2.38. The van der Waals surface area contributed by atoms with Gasteiger partial charge in [-0.1, -0.05) is 48.5 Å². The van der Waals surface area contributed by atoms with E-state index in [2.05, 4.69) is 15.9 Å². The fourth-order valence-corrected chi connectivity index (χ4v) is 7.09. The highest BCUT2D eigenvalue weighted by Gasteiger charge is 2.64. The molecule has 1 N–H and O–H groups in total. The first-order chi connectivity index (χ1) is 15.8. The third-order valence-electron chi connectivity index (χ3n) is 5.78. The van der Waals surface area contributed by atoms with Crippen LogP contribution < -0.4 is 9.04 Å². The van der Waals surface area contributed by atoms with Gasteiger partial charge in [0.2, 0.25) is 0 Å². The summed E-state index contributed by atoms with van der Waals surface area (Å²) in [5.74, 6) is -0.363. The van der Waals surface area contributed by atoms with Crippen LogP contribution in [0.4, 0.5) is 5.69 Å². The number of carbonyl (C=O) groups excluding carboxylic acids is 1. The number of rotatable bonds is 4. The van der Waals surface area contributed by atoms with Crippen molar-refractivity contribution < 1.29 is 27.8 Å². The number of halogens is 1. The van der Waals surface area contributed by atoms with Crippen LogP contribution in [0.3, 0.4) is 0 Å². The van der Waals surface area contributed by atoms with Crippen molar-refractivity contribution in [3.8, 4) is 5.75 Å². The van der Waals surface area contributed by atoms with Gasteiger partial charge in [0.25, 0.3) is 15.7 Å². The van der Waals surface area contributed by atoms with Crippen molar-refractivity contribution in [3.63, 3.8) is 0 Å². The normalized spacial score (nSPS) is 21.7. The minimum Gasteiger partial charge on any atom is -0.496 e. The molecule has 2 atom stereocenters. The summed E-state index contributed by atoms with van der Waals surface area (Å²) in [4.78, 5) is 12.6. The van der Waals surface area contributed by atoms with E-state index in [9.17, 15) is 18.3 Å². The topological polar surface area (TPSA) is 93.1 Å². The van der Waals surface area contributed by atoms with Crippen LogP contribution in [-0.4, -0.2) is 32.3 Å². The van der Waals surface area contributed by atoms with Crippen LogP contribution in [0.25, 0.3) is 5.57 Å². The Morgan fingerprint density at radius 2 is 1.70 bits per heavy atom. The van der Waals surface area contributed by atoms with Crippen LogP contribution in [0.1, 0.15) is 17.2 Å². The average molecular weight is 528 g/mol. The molecule has 2 aliphatic rings. The number of para-hydroxylation sites is 2. The Morgan fingerprint density at radius 1 is 1.03 bits per heavy atom. The first-order valence-electron chi connectivity index (χ1n) is 9.98. The zero-order chi connectivity index (χ0) is 23.4. The van der Waals surface area contributed by atoms with Crippen molar-refractivity contribution in [2.45, 2.75) is 16.7 Å². The molecule has 0 fully saturated rings. The number of benzene rings is 3. The Hall–Kier alpha value is -3.14. The number of ether oxygens (including phenoxy) is 2. The van der Waals surface area contributed by atoms with Crippen molar-refractivity contribution >= 4 is 43.2 Å². The van der Waals surface area contributed by atoms with Gasteiger partial charge in [0.05, 0.1) is 12.8 Å². The SMILES string of the molecule is COc1ccccc1C1=CC(=O)O[C@]12[C@@H](O)c1ccccc1N2S(=O)(=O)c1ccccc1Br. The zero-order valence-corrected chi connectivity index (χ0v) is 19.7. The van der Waals surface area contributed by atoms with Gasteiger partial charge in [0.15, 0.2) is 0 Å². The quantitative estimate of drug-likeness (QED) is 0.514. The molecule has 3 aromatic carbocycles. The molecule has 1 spiro atoms. The molecule has 0 radical (unpaired) electrons. The van der Waals surface area contributed by atoms with E-state index in [1.165, 1.54) is 19.3 Å². The zero-order valence-electron chi connectivity index (χ0n) is 17.3. The molecule has 2 heterocycles. The van der Waals surface area contributed by atoms with E-state index in [0.717, 1.165) is 4.31 Å². The van der Waals surface area contributed by atoms with Crippen LogP contribution in [0.5, 0.6) is 5.75 Å². The van der Waals surface area contributed by atoms with E-state index in [1.54, 1.807) is 66.7 Å². The summed E-state index contributed by atoms with van der Waals surface area (Å²) in [5, 5.41) is 11.5. The molecule has 0 bridgehead atoms. The number of esters is 1. The number of aliphatic hydroxyl groups is 1. The minimum absolute atomic E-state index is 0.0318. The fourth-order valence-electron chi connectivity index (χ4n) is 4.42. The summed E-state index contributed by atoms with van der Waals surface area (Å²) in [6, 6.07) is 19.8. The van der Waals surface area contributed by atoms with E-state index >= 15 is 0 Å². The van der Waals surface area contributed by atoms with Gasteiger partial charge < -0.3 is 14.6 Å². The summed E-state index contributed by atoms with van der Waals surface area (Å²) >= 11 is 3.32. The smallest absolute Gasteiger partial charge is 0.333 e. The van der Waals surface area contributed by atoms with Crippen LogP contribution >= 0.6 is 15.9 Å². The highest BCUT2D eigenvalue weighted by molar-refractivity contribution is 9.10. The fraction of sp³-hybridized carbons (Fsp3) is 0.125. The molecule has 3 aromatic rings. The monoisotopic (exact) mass is 527 g/mol. The molecular formula is C24H18BrNO6S. The Balaban J connectivity index is 1.83. The number of anilines is 1. The summed E-state index contributed by atoms with van der Waals surface area (Å²) in [6.07, 6.45) is -0.274. The lowest BCUT2D eigenvalue weighted by atomic mass is 9.90.